The van der Waals surface area contributed by atoms with Crippen LogP contribution in [0.3, 0.4) is 0 Å². The largest absolute Gasteiger partial charge is 0.379 e. The molecular formula is C16H21N3O. The molecule has 20 heavy (non-hydrogen) atoms. The van der Waals surface area contributed by atoms with Gasteiger partial charge in [-0.1, -0.05) is 30.3 Å². The van der Waals surface area contributed by atoms with Gasteiger partial charge in [0.05, 0.1) is 18.9 Å². The minimum atomic E-state index is 0.859. The number of hydrogen-bond acceptors (Lipinski definition) is 3. The smallest absolute Gasteiger partial charge is 0.106 e. The average molecular weight is 271 g/mol. The number of hydrogen-bond donors (Lipinski definition) is 0. The second-order valence-electron chi connectivity index (χ2n) is 5.19. The molecule has 1 aliphatic rings. The van der Waals surface area contributed by atoms with Crippen molar-refractivity contribution in [3.63, 3.8) is 0 Å². The molecule has 1 aromatic heterocycles. The van der Waals surface area contributed by atoms with Crippen LogP contribution < -0.4 is 0 Å². The van der Waals surface area contributed by atoms with Crippen LogP contribution in [0.1, 0.15) is 5.82 Å². The van der Waals surface area contributed by atoms with Gasteiger partial charge in [0.2, 0.25) is 0 Å². The van der Waals surface area contributed by atoms with E-state index in [0.29, 0.717) is 0 Å². The average Bonchev–Trinajstić information content (AvgIpc) is 2.88. The molecule has 0 radical (unpaired) electrons. The molecule has 0 amide bonds. The number of imidazole rings is 1. The highest BCUT2D eigenvalue weighted by Crippen LogP contribution is 2.18. The fourth-order valence-corrected chi connectivity index (χ4v) is 2.56. The SMILES string of the molecule is Cc1nc(-c2ccccc2)cn1CCN1CCOCC1. The molecule has 0 spiro atoms. The monoisotopic (exact) mass is 271 g/mol. The maximum Gasteiger partial charge on any atom is 0.106 e. The van der Waals surface area contributed by atoms with Crippen molar-refractivity contribution in [2.75, 3.05) is 32.8 Å². The predicted octanol–water partition coefficient (Wildman–Crippen LogP) is 2.19. The molecule has 0 saturated carbocycles. The van der Waals surface area contributed by atoms with E-state index >= 15 is 0 Å². The number of nitrogens with zero attached hydrogens (tertiary/aromatic N) is 3. The molecule has 0 aliphatic carbocycles. The van der Waals surface area contributed by atoms with Crippen molar-refractivity contribution in [1.29, 1.82) is 0 Å². The summed E-state index contributed by atoms with van der Waals surface area (Å²) in [5, 5.41) is 0. The number of aromatic nitrogens is 2. The summed E-state index contributed by atoms with van der Waals surface area (Å²) in [6.07, 6.45) is 2.16. The lowest BCUT2D eigenvalue weighted by molar-refractivity contribution is 0.0363. The van der Waals surface area contributed by atoms with Gasteiger partial charge in [-0.15, -0.1) is 0 Å². The first-order chi connectivity index (χ1) is 9.83. The molecule has 0 unspecified atom stereocenters. The highest BCUT2D eigenvalue weighted by Gasteiger charge is 2.11. The van der Waals surface area contributed by atoms with Crippen LogP contribution in [0.5, 0.6) is 0 Å². The van der Waals surface area contributed by atoms with E-state index in [1.165, 1.54) is 5.56 Å². The third-order valence-electron chi connectivity index (χ3n) is 3.81. The van der Waals surface area contributed by atoms with Crippen molar-refractivity contribution in [2.24, 2.45) is 0 Å². The molecule has 1 aromatic carbocycles. The van der Waals surface area contributed by atoms with Crippen LogP contribution in [-0.4, -0.2) is 47.3 Å². The topological polar surface area (TPSA) is 30.3 Å². The Hall–Kier alpha value is -1.65. The fourth-order valence-electron chi connectivity index (χ4n) is 2.56. The van der Waals surface area contributed by atoms with Crippen molar-refractivity contribution in [2.45, 2.75) is 13.5 Å². The van der Waals surface area contributed by atoms with Gasteiger partial charge in [-0.2, -0.15) is 0 Å². The summed E-state index contributed by atoms with van der Waals surface area (Å²) >= 11 is 0. The maximum absolute atomic E-state index is 5.38. The van der Waals surface area contributed by atoms with Gasteiger partial charge in [0.15, 0.2) is 0 Å². The lowest BCUT2D eigenvalue weighted by Gasteiger charge is -2.26. The second-order valence-corrected chi connectivity index (χ2v) is 5.19. The van der Waals surface area contributed by atoms with Crippen LogP contribution in [0.15, 0.2) is 36.5 Å². The van der Waals surface area contributed by atoms with Crippen molar-refractivity contribution in [1.82, 2.24) is 14.5 Å². The van der Waals surface area contributed by atoms with E-state index in [-0.39, 0.29) is 0 Å². The summed E-state index contributed by atoms with van der Waals surface area (Å²) in [5.74, 6) is 1.08. The zero-order chi connectivity index (χ0) is 13.8. The van der Waals surface area contributed by atoms with E-state index in [4.69, 9.17) is 4.74 Å². The van der Waals surface area contributed by atoms with Gasteiger partial charge in [-0.25, -0.2) is 4.98 Å². The zero-order valence-electron chi connectivity index (χ0n) is 12.0. The van der Waals surface area contributed by atoms with Crippen LogP contribution >= 0.6 is 0 Å². The zero-order valence-corrected chi connectivity index (χ0v) is 12.0. The molecular weight excluding hydrogens is 250 g/mol. The van der Waals surface area contributed by atoms with E-state index in [1.807, 2.05) is 6.07 Å². The fraction of sp³-hybridized carbons (Fsp3) is 0.438. The van der Waals surface area contributed by atoms with Crippen molar-refractivity contribution < 1.29 is 4.74 Å². The number of aryl methyl sites for hydroxylation is 1. The maximum atomic E-state index is 5.38. The minimum Gasteiger partial charge on any atom is -0.379 e. The van der Waals surface area contributed by atoms with Crippen LogP contribution in [0.25, 0.3) is 11.3 Å². The number of benzene rings is 1. The van der Waals surface area contributed by atoms with Gasteiger partial charge < -0.3 is 9.30 Å². The molecule has 1 aliphatic heterocycles. The molecule has 1 fully saturated rings. The Kier molecular flexibility index (Phi) is 4.14. The first-order valence-corrected chi connectivity index (χ1v) is 7.22. The standard InChI is InChI=1S/C16H21N3O/c1-14-17-16(15-5-3-2-4-6-15)13-19(14)8-7-18-9-11-20-12-10-18/h2-6,13H,7-12H2,1H3. The predicted molar refractivity (Wildman–Crippen MR) is 79.7 cm³/mol. The Balaban J connectivity index is 1.66. The van der Waals surface area contributed by atoms with Gasteiger partial charge in [0.1, 0.15) is 5.82 Å². The van der Waals surface area contributed by atoms with Gasteiger partial charge in [0.25, 0.3) is 0 Å². The molecule has 4 heteroatoms. The van der Waals surface area contributed by atoms with Crippen LogP contribution in [0.4, 0.5) is 0 Å². The molecule has 2 aromatic rings. The number of ether oxygens (including phenoxy) is 1. The first kappa shape index (κ1) is 13.3. The van der Waals surface area contributed by atoms with E-state index < -0.39 is 0 Å². The minimum absolute atomic E-state index is 0.859. The van der Waals surface area contributed by atoms with Crippen LogP contribution in [0, 0.1) is 6.92 Å². The van der Waals surface area contributed by atoms with Gasteiger partial charge in [-0.05, 0) is 6.92 Å². The molecule has 0 N–H and O–H groups in total. The molecule has 0 bridgehead atoms. The summed E-state index contributed by atoms with van der Waals surface area (Å²) in [7, 11) is 0. The summed E-state index contributed by atoms with van der Waals surface area (Å²) in [4.78, 5) is 7.11. The third kappa shape index (κ3) is 3.08. The van der Waals surface area contributed by atoms with E-state index in [1.54, 1.807) is 0 Å². The Morgan fingerprint density at radius 1 is 1.10 bits per heavy atom. The van der Waals surface area contributed by atoms with Crippen molar-refractivity contribution in [3.8, 4) is 11.3 Å². The summed E-state index contributed by atoms with van der Waals surface area (Å²) in [5.41, 5.74) is 2.24. The van der Waals surface area contributed by atoms with Gasteiger partial charge in [0, 0.05) is 37.9 Å². The highest BCUT2D eigenvalue weighted by atomic mass is 16.5. The van der Waals surface area contributed by atoms with E-state index in [2.05, 4.69) is 51.8 Å². The van der Waals surface area contributed by atoms with Crippen molar-refractivity contribution >= 4 is 0 Å². The lowest BCUT2D eigenvalue weighted by atomic mass is 10.2. The molecule has 3 rings (SSSR count). The molecule has 106 valence electrons. The van der Waals surface area contributed by atoms with Crippen LogP contribution in [0.2, 0.25) is 0 Å². The Labute approximate surface area is 120 Å². The molecule has 1 saturated heterocycles. The Morgan fingerprint density at radius 3 is 2.60 bits per heavy atom. The summed E-state index contributed by atoms with van der Waals surface area (Å²) in [6.45, 7) is 7.93. The Morgan fingerprint density at radius 2 is 1.85 bits per heavy atom. The second kappa shape index (κ2) is 6.20. The lowest BCUT2D eigenvalue weighted by Crippen LogP contribution is -2.38. The van der Waals surface area contributed by atoms with Gasteiger partial charge in [-0.3, -0.25) is 4.90 Å². The molecule has 0 atom stereocenters. The third-order valence-corrected chi connectivity index (χ3v) is 3.81. The Bertz CT molecular complexity index is 544. The molecule has 4 nitrogen and oxygen atoms in total. The van der Waals surface area contributed by atoms with Gasteiger partial charge >= 0.3 is 0 Å². The summed E-state index contributed by atoms with van der Waals surface area (Å²) < 4.78 is 7.62. The first-order valence-electron chi connectivity index (χ1n) is 7.22. The normalized spacial score (nSPS) is 16.4. The van der Waals surface area contributed by atoms with Crippen molar-refractivity contribution in [3.05, 3.63) is 42.4 Å². The van der Waals surface area contributed by atoms with E-state index in [0.717, 1.165) is 50.9 Å². The summed E-state index contributed by atoms with van der Waals surface area (Å²) in [6, 6.07) is 10.3. The molecule has 2 heterocycles. The highest BCUT2D eigenvalue weighted by molar-refractivity contribution is 5.58. The quantitative estimate of drug-likeness (QED) is 0.854. The number of rotatable bonds is 4. The van der Waals surface area contributed by atoms with Crippen LogP contribution in [-0.2, 0) is 11.3 Å². The van der Waals surface area contributed by atoms with E-state index in [9.17, 15) is 0 Å². The number of morpholine rings is 1.